The van der Waals surface area contributed by atoms with E-state index in [9.17, 15) is 8.42 Å². The Balaban J connectivity index is 3.24. The van der Waals surface area contributed by atoms with Crippen molar-refractivity contribution in [3.8, 4) is 11.8 Å². The van der Waals surface area contributed by atoms with Gasteiger partial charge in [-0.25, -0.2) is 12.7 Å². The van der Waals surface area contributed by atoms with Crippen LogP contribution in [0.2, 0.25) is 10.0 Å². The zero-order valence-electron chi connectivity index (χ0n) is 11.7. The molecule has 21 heavy (non-hydrogen) atoms. The average molecular weight is 367 g/mol. The number of thioether (sulfide) groups is 1. The molecule has 0 saturated carbocycles. The normalized spacial score (nSPS) is 11.3. The van der Waals surface area contributed by atoms with Gasteiger partial charge in [0.05, 0.1) is 16.6 Å². The van der Waals surface area contributed by atoms with E-state index in [4.69, 9.17) is 28.9 Å². The standard InChI is InChI=1S/C13H16Cl2N2O2S2/c1-17(6-7-20-2)21(18,19)13-11(14)8-10(4-3-5-16)9-12(13)15/h8-9H,5-7,16H2,1-2H3. The topological polar surface area (TPSA) is 63.4 Å². The van der Waals surface area contributed by atoms with Crippen LogP contribution in [0.1, 0.15) is 5.56 Å². The molecule has 0 bridgehead atoms. The van der Waals surface area contributed by atoms with Gasteiger partial charge in [-0.1, -0.05) is 35.0 Å². The lowest BCUT2D eigenvalue weighted by molar-refractivity contribution is 0.489. The summed E-state index contributed by atoms with van der Waals surface area (Å²) in [5.74, 6) is 6.12. The molecule has 1 rings (SSSR count). The van der Waals surface area contributed by atoms with Crippen molar-refractivity contribution in [3.63, 3.8) is 0 Å². The Morgan fingerprint density at radius 2 is 1.90 bits per heavy atom. The number of hydrogen-bond acceptors (Lipinski definition) is 4. The van der Waals surface area contributed by atoms with Crippen LogP contribution in [-0.2, 0) is 10.0 Å². The second-order valence-corrected chi connectivity index (χ2v) is 7.88. The molecule has 0 saturated heterocycles. The minimum Gasteiger partial charge on any atom is -0.320 e. The van der Waals surface area contributed by atoms with Gasteiger partial charge in [0, 0.05) is 24.9 Å². The van der Waals surface area contributed by atoms with Crippen LogP contribution in [0, 0.1) is 11.8 Å². The monoisotopic (exact) mass is 366 g/mol. The van der Waals surface area contributed by atoms with Crippen LogP contribution in [0.15, 0.2) is 17.0 Å². The molecule has 0 unspecified atom stereocenters. The van der Waals surface area contributed by atoms with Gasteiger partial charge in [0.1, 0.15) is 4.90 Å². The molecular formula is C13H16Cl2N2O2S2. The highest BCUT2D eigenvalue weighted by atomic mass is 35.5. The molecule has 2 N–H and O–H groups in total. The van der Waals surface area contributed by atoms with Crippen molar-refractivity contribution in [1.82, 2.24) is 4.31 Å². The maximum atomic E-state index is 12.5. The Morgan fingerprint density at radius 1 is 1.33 bits per heavy atom. The van der Waals surface area contributed by atoms with E-state index in [0.29, 0.717) is 17.9 Å². The smallest absolute Gasteiger partial charge is 0.245 e. The summed E-state index contributed by atoms with van der Waals surface area (Å²) in [6.07, 6.45) is 1.91. The zero-order chi connectivity index (χ0) is 16.0. The molecule has 4 nitrogen and oxygen atoms in total. The third-order valence-electron chi connectivity index (χ3n) is 2.61. The minimum absolute atomic E-state index is 0.0554. The lowest BCUT2D eigenvalue weighted by atomic mass is 10.2. The predicted octanol–water partition coefficient (Wildman–Crippen LogP) is 2.29. The maximum Gasteiger partial charge on any atom is 0.245 e. The quantitative estimate of drug-likeness (QED) is 0.811. The fraction of sp³-hybridized carbons (Fsp3) is 0.385. The van der Waals surface area contributed by atoms with Crippen molar-refractivity contribution in [2.24, 2.45) is 5.73 Å². The zero-order valence-corrected chi connectivity index (χ0v) is 14.8. The van der Waals surface area contributed by atoms with Crippen LogP contribution < -0.4 is 5.73 Å². The van der Waals surface area contributed by atoms with E-state index in [1.165, 1.54) is 23.5 Å². The Bertz CT molecular complexity index is 643. The fourth-order valence-corrected chi connectivity index (χ4v) is 4.43. The summed E-state index contributed by atoms with van der Waals surface area (Å²) in [4.78, 5) is -0.0901. The first kappa shape index (κ1) is 18.6. The van der Waals surface area contributed by atoms with E-state index in [0.717, 1.165) is 0 Å². The van der Waals surface area contributed by atoms with Crippen molar-refractivity contribution < 1.29 is 8.42 Å². The van der Waals surface area contributed by atoms with E-state index in [2.05, 4.69) is 11.8 Å². The maximum absolute atomic E-state index is 12.5. The Hall–Kier alpha value is -0.420. The Labute approximate surface area is 140 Å². The molecule has 0 aliphatic carbocycles. The van der Waals surface area contributed by atoms with Crippen molar-refractivity contribution in [2.45, 2.75) is 4.90 Å². The highest BCUT2D eigenvalue weighted by molar-refractivity contribution is 7.98. The number of nitrogens with two attached hydrogens (primary N) is 1. The number of halogens is 2. The summed E-state index contributed by atoms with van der Waals surface area (Å²) < 4.78 is 26.2. The Morgan fingerprint density at radius 3 is 2.38 bits per heavy atom. The van der Waals surface area contributed by atoms with Gasteiger partial charge < -0.3 is 5.73 Å². The average Bonchev–Trinajstić information content (AvgIpc) is 2.41. The summed E-state index contributed by atoms with van der Waals surface area (Å²) in [5.41, 5.74) is 5.82. The van der Waals surface area contributed by atoms with Crippen LogP contribution in [0.25, 0.3) is 0 Å². The summed E-state index contributed by atoms with van der Waals surface area (Å²) >= 11 is 13.7. The van der Waals surface area contributed by atoms with Crippen molar-refractivity contribution >= 4 is 45.0 Å². The van der Waals surface area contributed by atoms with Gasteiger partial charge in [0.15, 0.2) is 0 Å². The fourth-order valence-electron chi connectivity index (χ4n) is 1.53. The lowest BCUT2D eigenvalue weighted by Crippen LogP contribution is -2.29. The summed E-state index contributed by atoms with van der Waals surface area (Å²) in [7, 11) is -2.23. The number of benzene rings is 1. The molecule has 0 aliphatic heterocycles. The van der Waals surface area contributed by atoms with E-state index < -0.39 is 10.0 Å². The van der Waals surface area contributed by atoms with Crippen molar-refractivity contribution in [3.05, 3.63) is 27.7 Å². The highest BCUT2D eigenvalue weighted by Gasteiger charge is 2.26. The third-order valence-corrected chi connectivity index (χ3v) is 5.98. The van der Waals surface area contributed by atoms with Gasteiger partial charge in [-0.3, -0.25) is 0 Å². The first-order valence-corrected chi connectivity index (χ1v) is 9.56. The molecule has 0 aromatic heterocycles. The van der Waals surface area contributed by atoms with Crippen LogP contribution >= 0.6 is 35.0 Å². The van der Waals surface area contributed by atoms with E-state index in [1.807, 2.05) is 6.26 Å². The van der Waals surface area contributed by atoms with Crippen LogP contribution in [0.5, 0.6) is 0 Å². The molecule has 8 heteroatoms. The van der Waals surface area contributed by atoms with Gasteiger partial charge in [-0.15, -0.1) is 0 Å². The molecule has 0 spiro atoms. The molecular weight excluding hydrogens is 351 g/mol. The van der Waals surface area contributed by atoms with Crippen molar-refractivity contribution in [2.75, 3.05) is 32.1 Å². The van der Waals surface area contributed by atoms with E-state index in [1.54, 1.807) is 11.8 Å². The molecule has 0 aliphatic rings. The number of sulfonamides is 1. The third kappa shape index (κ3) is 4.78. The molecule has 0 fully saturated rings. The highest BCUT2D eigenvalue weighted by Crippen LogP contribution is 2.32. The van der Waals surface area contributed by atoms with Crippen LogP contribution in [-0.4, -0.2) is 44.9 Å². The van der Waals surface area contributed by atoms with E-state index >= 15 is 0 Å². The van der Waals surface area contributed by atoms with Gasteiger partial charge in [-0.2, -0.15) is 11.8 Å². The lowest BCUT2D eigenvalue weighted by Gasteiger charge is -2.18. The molecule has 1 aromatic carbocycles. The Kier molecular flexibility index (Phi) is 7.34. The molecule has 0 radical (unpaired) electrons. The predicted molar refractivity (Wildman–Crippen MR) is 90.6 cm³/mol. The van der Waals surface area contributed by atoms with Gasteiger partial charge in [0.2, 0.25) is 10.0 Å². The SMILES string of the molecule is CSCCN(C)S(=O)(=O)c1c(Cl)cc(C#CCN)cc1Cl. The molecule has 1 aromatic rings. The van der Waals surface area contributed by atoms with Crippen molar-refractivity contribution in [1.29, 1.82) is 0 Å². The molecule has 0 amide bonds. The number of rotatable bonds is 5. The number of nitrogens with zero attached hydrogens (tertiary/aromatic N) is 1. The number of hydrogen-bond donors (Lipinski definition) is 1. The summed E-state index contributed by atoms with van der Waals surface area (Å²) in [6, 6.07) is 2.96. The first-order chi connectivity index (χ1) is 9.84. The molecule has 0 heterocycles. The second kappa shape index (κ2) is 8.28. The molecule has 116 valence electrons. The first-order valence-electron chi connectivity index (χ1n) is 5.97. The van der Waals surface area contributed by atoms with Gasteiger partial charge in [-0.05, 0) is 18.4 Å². The minimum atomic E-state index is -3.73. The van der Waals surface area contributed by atoms with E-state index in [-0.39, 0.29) is 21.5 Å². The van der Waals surface area contributed by atoms with Gasteiger partial charge >= 0.3 is 0 Å². The summed E-state index contributed by atoms with van der Waals surface area (Å²) in [6.45, 7) is 0.581. The van der Waals surface area contributed by atoms with Crippen LogP contribution in [0.4, 0.5) is 0 Å². The summed E-state index contributed by atoms with van der Waals surface area (Å²) in [5, 5.41) is 0.111. The second-order valence-electron chi connectivity index (χ2n) is 4.09. The largest absolute Gasteiger partial charge is 0.320 e. The molecule has 0 atom stereocenters. The van der Waals surface area contributed by atoms with Crippen LogP contribution in [0.3, 0.4) is 0 Å². The van der Waals surface area contributed by atoms with Gasteiger partial charge in [0.25, 0.3) is 0 Å².